The first kappa shape index (κ1) is 16.8. The molecule has 1 aromatic carbocycles. The van der Waals surface area contributed by atoms with Crippen LogP contribution in [0.25, 0.3) is 0 Å². The van der Waals surface area contributed by atoms with E-state index in [1.54, 1.807) is 0 Å². The topological polar surface area (TPSA) is 81.7 Å². The van der Waals surface area contributed by atoms with Gasteiger partial charge in [0.15, 0.2) is 0 Å². The second-order valence-electron chi connectivity index (χ2n) is 5.20. The van der Waals surface area contributed by atoms with Gasteiger partial charge >= 0.3 is 12.0 Å². The lowest BCUT2D eigenvalue weighted by atomic mass is 10.1. The summed E-state index contributed by atoms with van der Waals surface area (Å²) in [6, 6.07) is 7.17. The molecule has 21 heavy (non-hydrogen) atoms. The van der Waals surface area contributed by atoms with Crippen molar-refractivity contribution in [2.24, 2.45) is 0 Å². The van der Waals surface area contributed by atoms with Gasteiger partial charge in [0.25, 0.3) is 0 Å². The molecule has 116 valence electrons. The van der Waals surface area contributed by atoms with Crippen LogP contribution in [0.4, 0.5) is 16.2 Å². The lowest BCUT2D eigenvalue weighted by Crippen LogP contribution is -2.36. The number of amides is 2. The molecule has 1 rings (SSSR count). The predicted octanol–water partition coefficient (Wildman–Crippen LogP) is 2.52. The van der Waals surface area contributed by atoms with Crippen molar-refractivity contribution in [3.05, 3.63) is 24.3 Å². The average Bonchev–Trinajstić information content (AvgIpc) is 2.38. The minimum Gasteiger partial charge on any atom is -0.481 e. The summed E-state index contributed by atoms with van der Waals surface area (Å²) in [6.07, 6.45) is 1.30. The van der Waals surface area contributed by atoms with Crippen molar-refractivity contribution < 1.29 is 14.7 Å². The number of carbonyl (C=O) groups is 2. The monoisotopic (exact) mass is 293 g/mol. The molecule has 3 N–H and O–H groups in total. The van der Waals surface area contributed by atoms with Crippen molar-refractivity contribution in [2.75, 3.05) is 24.3 Å². The fourth-order valence-corrected chi connectivity index (χ4v) is 1.98. The highest BCUT2D eigenvalue weighted by atomic mass is 16.4. The smallest absolute Gasteiger partial charge is 0.319 e. The lowest BCUT2D eigenvalue weighted by molar-refractivity contribution is -0.137. The first-order chi connectivity index (χ1) is 9.90. The van der Waals surface area contributed by atoms with E-state index in [0.717, 1.165) is 11.4 Å². The summed E-state index contributed by atoms with van der Waals surface area (Å²) in [5.74, 6) is -0.813. The molecular weight excluding hydrogens is 270 g/mol. The number of carboxylic acid groups (broad SMARTS) is 1. The van der Waals surface area contributed by atoms with E-state index in [1.807, 2.05) is 50.2 Å². The number of anilines is 2. The second-order valence-corrected chi connectivity index (χ2v) is 5.20. The van der Waals surface area contributed by atoms with Crippen LogP contribution in [-0.4, -0.2) is 37.2 Å². The van der Waals surface area contributed by atoms with Gasteiger partial charge < -0.3 is 20.6 Å². The number of benzene rings is 1. The summed E-state index contributed by atoms with van der Waals surface area (Å²) in [5.41, 5.74) is 1.66. The molecule has 0 aliphatic carbocycles. The third-order valence-electron chi connectivity index (χ3n) is 3.04. The largest absolute Gasteiger partial charge is 0.481 e. The Hall–Kier alpha value is -2.24. The zero-order valence-electron chi connectivity index (χ0n) is 12.7. The fraction of sp³-hybridized carbons (Fsp3) is 0.467. The number of aliphatic carboxylic acids is 1. The van der Waals surface area contributed by atoms with Crippen LogP contribution in [0.3, 0.4) is 0 Å². The third-order valence-corrected chi connectivity index (χ3v) is 3.04. The van der Waals surface area contributed by atoms with Gasteiger partial charge in [-0.05, 0) is 31.9 Å². The summed E-state index contributed by atoms with van der Waals surface area (Å²) in [6.45, 7) is 1.86. The molecule has 0 fully saturated rings. The molecule has 1 atom stereocenters. The quantitative estimate of drug-likeness (QED) is 0.721. The Morgan fingerprint density at radius 1 is 1.29 bits per heavy atom. The van der Waals surface area contributed by atoms with Crippen LogP contribution in [0.15, 0.2) is 24.3 Å². The molecule has 6 heteroatoms. The van der Waals surface area contributed by atoms with E-state index in [2.05, 4.69) is 10.6 Å². The van der Waals surface area contributed by atoms with E-state index in [4.69, 9.17) is 5.11 Å². The van der Waals surface area contributed by atoms with E-state index >= 15 is 0 Å². The normalized spacial score (nSPS) is 11.6. The summed E-state index contributed by atoms with van der Waals surface area (Å²) in [5, 5.41) is 14.2. The van der Waals surface area contributed by atoms with Gasteiger partial charge in [0, 0.05) is 26.6 Å². The maximum Gasteiger partial charge on any atom is 0.319 e. The summed E-state index contributed by atoms with van der Waals surface area (Å²) >= 11 is 0. The van der Waals surface area contributed by atoms with Gasteiger partial charge in [-0.3, -0.25) is 4.79 Å². The van der Waals surface area contributed by atoms with E-state index in [0.29, 0.717) is 12.8 Å². The van der Waals surface area contributed by atoms with Gasteiger partial charge in [0.2, 0.25) is 0 Å². The standard InChI is InChI=1S/C15H23N3O3/c1-11(7-6-10-14(19)20)16-15(21)17-12-8-4-5-9-13(12)18(2)3/h4-5,8-9,11H,6-7,10H2,1-3H3,(H,19,20)(H2,16,17,21). The van der Waals surface area contributed by atoms with Crippen LogP contribution in [0.5, 0.6) is 0 Å². The highest BCUT2D eigenvalue weighted by Crippen LogP contribution is 2.23. The molecule has 0 heterocycles. The van der Waals surface area contributed by atoms with Crippen molar-refractivity contribution in [2.45, 2.75) is 32.2 Å². The van der Waals surface area contributed by atoms with Crippen LogP contribution < -0.4 is 15.5 Å². The molecule has 2 amide bonds. The number of hydrogen-bond donors (Lipinski definition) is 3. The number of para-hydroxylation sites is 2. The van der Waals surface area contributed by atoms with Crippen LogP contribution in [0.1, 0.15) is 26.2 Å². The van der Waals surface area contributed by atoms with Gasteiger partial charge in [-0.2, -0.15) is 0 Å². The van der Waals surface area contributed by atoms with Crippen molar-refractivity contribution in [1.82, 2.24) is 5.32 Å². The number of carbonyl (C=O) groups excluding carboxylic acids is 1. The molecular formula is C15H23N3O3. The Morgan fingerprint density at radius 2 is 1.95 bits per heavy atom. The molecule has 1 aromatic rings. The molecule has 0 radical (unpaired) electrons. The number of nitrogens with zero attached hydrogens (tertiary/aromatic N) is 1. The van der Waals surface area contributed by atoms with E-state index in [1.165, 1.54) is 0 Å². The van der Waals surface area contributed by atoms with Crippen molar-refractivity contribution >= 4 is 23.4 Å². The molecule has 0 aliphatic rings. The number of hydrogen-bond acceptors (Lipinski definition) is 3. The van der Waals surface area contributed by atoms with Gasteiger partial charge in [-0.15, -0.1) is 0 Å². The summed E-state index contributed by atoms with van der Waals surface area (Å²) < 4.78 is 0. The van der Waals surface area contributed by atoms with Crippen molar-refractivity contribution in [1.29, 1.82) is 0 Å². The third kappa shape index (κ3) is 6.16. The SMILES string of the molecule is CC(CCCC(=O)O)NC(=O)Nc1ccccc1N(C)C. The minimum absolute atomic E-state index is 0.0733. The second kappa shape index (κ2) is 8.14. The fourth-order valence-electron chi connectivity index (χ4n) is 1.98. The van der Waals surface area contributed by atoms with Crippen LogP contribution >= 0.6 is 0 Å². The molecule has 0 aromatic heterocycles. The van der Waals surface area contributed by atoms with Crippen LogP contribution in [0.2, 0.25) is 0 Å². The van der Waals surface area contributed by atoms with Gasteiger partial charge in [0.1, 0.15) is 0 Å². The predicted molar refractivity (Wildman–Crippen MR) is 83.9 cm³/mol. The Bertz CT molecular complexity index is 489. The van der Waals surface area contributed by atoms with E-state index in [-0.39, 0.29) is 18.5 Å². The van der Waals surface area contributed by atoms with E-state index in [9.17, 15) is 9.59 Å². The van der Waals surface area contributed by atoms with Gasteiger partial charge in [-0.1, -0.05) is 12.1 Å². The van der Waals surface area contributed by atoms with Gasteiger partial charge in [0.05, 0.1) is 11.4 Å². The first-order valence-electron chi connectivity index (χ1n) is 6.96. The Kier molecular flexibility index (Phi) is 6.52. The van der Waals surface area contributed by atoms with Gasteiger partial charge in [-0.25, -0.2) is 4.79 Å². The highest BCUT2D eigenvalue weighted by Gasteiger charge is 2.10. The zero-order chi connectivity index (χ0) is 15.8. The molecule has 6 nitrogen and oxygen atoms in total. The number of carboxylic acids is 1. The summed E-state index contributed by atoms with van der Waals surface area (Å²) in [7, 11) is 3.82. The molecule has 0 saturated carbocycles. The Balaban J connectivity index is 2.48. The van der Waals surface area contributed by atoms with Crippen molar-refractivity contribution in [3.8, 4) is 0 Å². The highest BCUT2D eigenvalue weighted by molar-refractivity contribution is 5.93. The molecule has 0 bridgehead atoms. The van der Waals surface area contributed by atoms with Crippen LogP contribution in [-0.2, 0) is 4.79 Å². The molecule has 1 unspecified atom stereocenters. The maximum atomic E-state index is 11.9. The number of urea groups is 1. The lowest BCUT2D eigenvalue weighted by Gasteiger charge is -2.19. The number of nitrogens with one attached hydrogen (secondary N) is 2. The van der Waals surface area contributed by atoms with Crippen molar-refractivity contribution in [3.63, 3.8) is 0 Å². The first-order valence-corrected chi connectivity index (χ1v) is 6.96. The van der Waals surface area contributed by atoms with E-state index < -0.39 is 5.97 Å². The zero-order valence-corrected chi connectivity index (χ0v) is 12.7. The maximum absolute atomic E-state index is 11.9. The Morgan fingerprint density at radius 3 is 2.57 bits per heavy atom. The number of rotatable bonds is 7. The molecule has 0 saturated heterocycles. The van der Waals surface area contributed by atoms with Crippen LogP contribution in [0, 0.1) is 0 Å². The molecule has 0 spiro atoms. The molecule has 0 aliphatic heterocycles. The average molecular weight is 293 g/mol. The minimum atomic E-state index is -0.813. The summed E-state index contributed by atoms with van der Waals surface area (Å²) in [4.78, 5) is 24.3. The Labute approximate surface area is 125 Å².